The Bertz CT molecular complexity index is 1480. The molecular formula is C27H25FN6O4S. The van der Waals surface area contributed by atoms with Gasteiger partial charge in [-0.05, 0) is 67.6 Å². The van der Waals surface area contributed by atoms with Gasteiger partial charge in [0.1, 0.15) is 34.1 Å². The Balaban J connectivity index is 1.49. The minimum Gasteiger partial charge on any atom is -0.484 e. The first-order valence-corrected chi connectivity index (χ1v) is 12.5. The van der Waals surface area contributed by atoms with Crippen LogP contribution in [0.1, 0.15) is 22.2 Å². The minimum absolute atomic E-state index is 0.0211. The molecule has 2 heterocycles. The lowest BCUT2D eigenvalue weighted by molar-refractivity contribution is -0.120. The summed E-state index contributed by atoms with van der Waals surface area (Å²) >= 11 is 0.986. The second-order valence-corrected chi connectivity index (χ2v) is 9.40. The van der Waals surface area contributed by atoms with Gasteiger partial charge in [0.05, 0.1) is 0 Å². The molecule has 0 aliphatic carbocycles. The number of aromatic nitrogens is 2. The lowest BCUT2D eigenvalue weighted by atomic mass is 10.1. The summed E-state index contributed by atoms with van der Waals surface area (Å²) in [6, 6.07) is 16.1. The first-order chi connectivity index (χ1) is 18.7. The Hall–Kier alpha value is -4.84. The molecule has 4 rings (SSSR count). The minimum atomic E-state index is -0.847. The summed E-state index contributed by atoms with van der Waals surface area (Å²) < 4.78 is 19.1. The topological polar surface area (TPSA) is 145 Å². The van der Waals surface area contributed by atoms with Gasteiger partial charge in [0, 0.05) is 24.5 Å². The van der Waals surface area contributed by atoms with Gasteiger partial charge in [-0.25, -0.2) is 14.4 Å². The first-order valence-electron chi connectivity index (χ1n) is 11.7. The number of ether oxygens (including phenoxy) is 1. The summed E-state index contributed by atoms with van der Waals surface area (Å²) in [5.41, 5.74) is 12.4. The van der Waals surface area contributed by atoms with E-state index in [-0.39, 0.29) is 34.1 Å². The number of carbonyl (C=O) groups is 3. The highest BCUT2D eigenvalue weighted by Crippen LogP contribution is 2.36. The zero-order chi connectivity index (χ0) is 28.1. The smallest absolute Gasteiger partial charge is 0.265 e. The van der Waals surface area contributed by atoms with Crippen LogP contribution in [0.4, 0.5) is 26.8 Å². The van der Waals surface area contributed by atoms with Crippen LogP contribution in [0.3, 0.4) is 0 Å². The van der Waals surface area contributed by atoms with Gasteiger partial charge in [-0.15, -0.1) is 0 Å². The number of anilines is 4. The number of likely N-dealkylation sites (N-methyl/N-ethyl adjacent to an activating group) is 1. The number of hydrogen-bond acceptors (Lipinski definition) is 9. The molecule has 0 spiro atoms. The number of nitrogens with two attached hydrogens (primary N) is 2. The molecule has 0 saturated heterocycles. The van der Waals surface area contributed by atoms with Crippen LogP contribution in [0.5, 0.6) is 5.75 Å². The number of ketones is 1. The molecule has 0 unspecified atom stereocenters. The van der Waals surface area contributed by atoms with Crippen molar-refractivity contribution in [3.63, 3.8) is 0 Å². The molecule has 0 saturated carbocycles. The fraction of sp³-hybridized carbons (Fsp3) is 0.148. The second kappa shape index (κ2) is 11.7. The van der Waals surface area contributed by atoms with E-state index >= 15 is 0 Å². The molecule has 2 aromatic heterocycles. The van der Waals surface area contributed by atoms with E-state index in [9.17, 15) is 18.8 Å². The second-order valence-electron chi connectivity index (χ2n) is 8.42. The van der Waals surface area contributed by atoms with Gasteiger partial charge in [-0.3, -0.25) is 19.3 Å². The SMILES string of the molecule is C[C@H](C(N)=O)N(c1ccc(F)cc1)c1nc(N)c(C(=O)c2ccc(OCC(=O)N(C)c3ccccn3)cc2)s1. The predicted octanol–water partition coefficient (Wildman–Crippen LogP) is 3.54. The van der Waals surface area contributed by atoms with Crippen molar-refractivity contribution in [2.75, 3.05) is 29.2 Å². The highest BCUT2D eigenvalue weighted by Gasteiger charge is 2.27. The number of halogens is 1. The van der Waals surface area contributed by atoms with Crippen LogP contribution >= 0.6 is 11.3 Å². The van der Waals surface area contributed by atoms with Crippen LogP contribution < -0.4 is 26.0 Å². The molecule has 2 aromatic carbocycles. The van der Waals surface area contributed by atoms with Gasteiger partial charge in [-0.1, -0.05) is 17.4 Å². The van der Waals surface area contributed by atoms with Crippen LogP contribution in [0, 0.1) is 5.82 Å². The van der Waals surface area contributed by atoms with Gasteiger partial charge in [-0.2, -0.15) is 0 Å². The summed E-state index contributed by atoms with van der Waals surface area (Å²) in [6.45, 7) is 1.35. The summed E-state index contributed by atoms with van der Waals surface area (Å²) in [7, 11) is 1.60. The van der Waals surface area contributed by atoms with Crippen LogP contribution in [0.25, 0.3) is 0 Å². The summed E-state index contributed by atoms with van der Waals surface area (Å²) in [4.78, 5) is 49.1. The molecule has 10 nitrogen and oxygen atoms in total. The largest absolute Gasteiger partial charge is 0.484 e. The van der Waals surface area contributed by atoms with Gasteiger partial charge < -0.3 is 21.1 Å². The zero-order valence-electron chi connectivity index (χ0n) is 21.1. The maximum atomic E-state index is 13.5. The van der Waals surface area contributed by atoms with Crippen molar-refractivity contribution in [2.45, 2.75) is 13.0 Å². The Morgan fingerprint density at radius 1 is 1.05 bits per heavy atom. The van der Waals surface area contributed by atoms with E-state index in [0.29, 0.717) is 22.8 Å². The number of amides is 2. The number of hydrogen-bond donors (Lipinski definition) is 2. The fourth-order valence-electron chi connectivity index (χ4n) is 3.57. The van der Waals surface area contributed by atoms with Crippen molar-refractivity contribution in [2.24, 2.45) is 5.73 Å². The van der Waals surface area contributed by atoms with E-state index < -0.39 is 17.8 Å². The van der Waals surface area contributed by atoms with E-state index in [1.807, 2.05) is 0 Å². The molecule has 2 amide bonds. The molecule has 39 heavy (non-hydrogen) atoms. The van der Waals surface area contributed by atoms with E-state index in [0.717, 1.165) is 11.3 Å². The van der Waals surface area contributed by atoms with Crippen LogP contribution in [-0.4, -0.2) is 47.3 Å². The molecule has 0 aliphatic rings. The summed E-state index contributed by atoms with van der Waals surface area (Å²) in [6.07, 6.45) is 1.59. The zero-order valence-corrected chi connectivity index (χ0v) is 21.9. The first kappa shape index (κ1) is 27.2. The lowest BCUT2D eigenvalue weighted by Gasteiger charge is -2.26. The van der Waals surface area contributed by atoms with Gasteiger partial charge in [0.2, 0.25) is 11.7 Å². The molecule has 0 bridgehead atoms. The van der Waals surface area contributed by atoms with Crippen molar-refractivity contribution in [1.29, 1.82) is 0 Å². The molecule has 0 aliphatic heterocycles. The standard InChI is InChI=1S/C27H25FN6O4S/c1-16(26(30)37)34(19-10-8-18(28)9-11-19)27-32-25(29)24(39-27)23(36)17-6-12-20(13-7-17)38-15-22(35)33(2)21-5-3-4-14-31-21/h3-14,16H,15,29H2,1-2H3,(H2,30,37)/t16-/m1/s1. The van der Waals surface area contributed by atoms with Crippen molar-refractivity contribution < 1.29 is 23.5 Å². The number of carbonyl (C=O) groups excluding carboxylic acids is 3. The highest BCUT2D eigenvalue weighted by molar-refractivity contribution is 7.18. The summed E-state index contributed by atoms with van der Waals surface area (Å²) in [5.74, 6) is -0.901. The van der Waals surface area contributed by atoms with Crippen molar-refractivity contribution in [1.82, 2.24) is 9.97 Å². The highest BCUT2D eigenvalue weighted by atomic mass is 32.1. The normalized spacial score (nSPS) is 11.5. The maximum Gasteiger partial charge on any atom is 0.265 e. The van der Waals surface area contributed by atoms with E-state index in [1.165, 1.54) is 34.1 Å². The van der Waals surface area contributed by atoms with E-state index in [2.05, 4.69) is 9.97 Å². The number of primary amides is 1. The number of rotatable bonds is 10. The predicted molar refractivity (Wildman–Crippen MR) is 147 cm³/mol. The number of thiazole rings is 1. The number of nitrogen functional groups attached to an aromatic ring is 1. The molecule has 1 atom stereocenters. The molecule has 4 N–H and O–H groups in total. The number of benzene rings is 2. The quantitative estimate of drug-likeness (QED) is 0.286. The van der Waals surface area contributed by atoms with Crippen LogP contribution in [0.15, 0.2) is 72.9 Å². The number of nitrogens with zero attached hydrogens (tertiary/aromatic N) is 4. The van der Waals surface area contributed by atoms with Gasteiger partial charge in [0.15, 0.2) is 11.7 Å². The maximum absolute atomic E-state index is 13.5. The Morgan fingerprint density at radius 2 is 1.74 bits per heavy atom. The van der Waals surface area contributed by atoms with Crippen LogP contribution in [0.2, 0.25) is 0 Å². The Morgan fingerprint density at radius 3 is 2.36 bits per heavy atom. The monoisotopic (exact) mass is 548 g/mol. The van der Waals surface area contributed by atoms with E-state index in [1.54, 1.807) is 62.6 Å². The third kappa shape index (κ3) is 6.18. The third-order valence-corrected chi connectivity index (χ3v) is 6.87. The van der Waals surface area contributed by atoms with Crippen LogP contribution in [-0.2, 0) is 9.59 Å². The summed E-state index contributed by atoms with van der Waals surface area (Å²) in [5, 5.41) is 0.254. The average molecular weight is 549 g/mol. The molecule has 200 valence electrons. The van der Waals surface area contributed by atoms with Crippen molar-refractivity contribution in [3.05, 3.63) is 89.2 Å². The number of pyridine rings is 1. The molecule has 0 radical (unpaired) electrons. The fourth-order valence-corrected chi connectivity index (χ4v) is 4.62. The van der Waals surface area contributed by atoms with Crippen molar-refractivity contribution in [3.8, 4) is 5.75 Å². The Kier molecular flexibility index (Phi) is 8.15. The molecule has 0 fully saturated rings. The average Bonchev–Trinajstić information content (AvgIpc) is 3.33. The van der Waals surface area contributed by atoms with Gasteiger partial charge >= 0.3 is 0 Å². The van der Waals surface area contributed by atoms with E-state index in [4.69, 9.17) is 16.2 Å². The van der Waals surface area contributed by atoms with Crippen molar-refractivity contribution >= 4 is 51.4 Å². The molecule has 12 heteroatoms. The lowest BCUT2D eigenvalue weighted by Crippen LogP contribution is -2.39. The van der Waals surface area contributed by atoms with Gasteiger partial charge in [0.25, 0.3) is 5.91 Å². The molecular weight excluding hydrogens is 523 g/mol. The third-order valence-electron chi connectivity index (χ3n) is 5.80. The molecule has 4 aromatic rings. The Labute approximate surface area is 227 Å².